The molecule has 0 aliphatic heterocycles. The maximum atomic E-state index is 13.3. The van der Waals surface area contributed by atoms with E-state index in [4.69, 9.17) is 4.74 Å². The fourth-order valence-corrected chi connectivity index (χ4v) is 3.09. The molecule has 0 radical (unpaired) electrons. The van der Waals surface area contributed by atoms with Crippen molar-refractivity contribution >= 4 is 22.4 Å². The van der Waals surface area contributed by atoms with Crippen molar-refractivity contribution in [2.75, 3.05) is 11.9 Å². The van der Waals surface area contributed by atoms with Crippen LogP contribution in [0.2, 0.25) is 0 Å². The number of carbonyl (C=O) groups is 1. The number of rotatable bonds is 7. The Bertz CT molecular complexity index is 926. The normalized spacial score (nSPS) is 10.6. The molecule has 0 aliphatic carbocycles. The van der Waals surface area contributed by atoms with Crippen LogP contribution < -0.4 is 10.1 Å². The highest BCUT2D eigenvalue weighted by atomic mass is 32.1. The fraction of sp³-hybridized carbons (Fsp3) is 0.200. The van der Waals surface area contributed by atoms with E-state index in [0.29, 0.717) is 35.8 Å². The monoisotopic (exact) mass is 388 g/mol. The smallest absolute Gasteiger partial charge is 0.226 e. The maximum Gasteiger partial charge on any atom is 0.226 e. The molecule has 3 aromatic rings. The molecule has 1 amide bonds. The van der Waals surface area contributed by atoms with Gasteiger partial charge in [0.2, 0.25) is 5.91 Å². The Labute approximate surface area is 159 Å². The van der Waals surface area contributed by atoms with Crippen LogP contribution in [-0.2, 0) is 4.79 Å². The molecule has 1 N–H and O–H groups in total. The Morgan fingerprint density at radius 1 is 1.15 bits per heavy atom. The number of benzene rings is 2. The molecule has 0 unspecified atom stereocenters. The summed E-state index contributed by atoms with van der Waals surface area (Å²) in [6.45, 7) is 2.44. The summed E-state index contributed by atoms with van der Waals surface area (Å²) in [7, 11) is 0. The molecule has 0 bridgehead atoms. The van der Waals surface area contributed by atoms with E-state index < -0.39 is 11.6 Å². The average molecular weight is 388 g/mol. The zero-order chi connectivity index (χ0) is 19.2. The van der Waals surface area contributed by atoms with E-state index in [1.807, 2.05) is 31.2 Å². The van der Waals surface area contributed by atoms with Gasteiger partial charge in [-0.25, -0.2) is 13.8 Å². The number of thiazole rings is 1. The number of nitrogens with one attached hydrogen (secondary N) is 1. The standard InChI is InChI=1S/C20H18F2N2O2S/c1-13-4-7-15(8-5-13)26-10-2-3-19(25)24-20-23-18(12-27-20)14-6-9-16(21)17(22)11-14/h4-9,11-12H,2-3,10H2,1H3,(H,23,24,25). The third kappa shape index (κ3) is 5.34. The second kappa shape index (κ2) is 8.73. The molecule has 27 heavy (non-hydrogen) atoms. The topological polar surface area (TPSA) is 51.2 Å². The summed E-state index contributed by atoms with van der Waals surface area (Å²) in [4.78, 5) is 16.2. The van der Waals surface area contributed by atoms with E-state index in [1.165, 1.54) is 17.4 Å². The molecule has 1 heterocycles. The summed E-state index contributed by atoms with van der Waals surface area (Å²) in [6, 6.07) is 11.3. The van der Waals surface area contributed by atoms with Gasteiger partial charge in [-0.3, -0.25) is 4.79 Å². The quantitative estimate of drug-likeness (QED) is 0.567. The summed E-state index contributed by atoms with van der Waals surface area (Å²) < 4.78 is 31.9. The molecule has 0 spiro atoms. The Balaban J connectivity index is 1.46. The van der Waals surface area contributed by atoms with Gasteiger partial charge in [0.25, 0.3) is 0 Å². The highest BCUT2D eigenvalue weighted by Gasteiger charge is 2.10. The third-order valence-corrected chi connectivity index (χ3v) is 4.56. The highest BCUT2D eigenvalue weighted by Crippen LogP contribution is 2.26. The Kier molecular flexibility index (Phi) is 6.13. The van der Waals surface area contributed by atoms with Gasteiger partial charge in [-0.2, -0.15) is 0 Å². The Morgan fingerprint density at radius 3 is 2.67 bits per heavy atom. The van der Waals surface area contributed by atoms with Crippen LogP contribution in [0.4, 0.5) is 13.9 Å². The predicted molar refractivity (Wildman–Crippen MR) is 102 cm³/mol. The number of aryl methyl sites for hydroxylation is 1. The second-order valence-electron chi connectivity index (χ2n) is 5.98. The van der Waals surface area contributed by atoms with Crippen molar-refractivity contribution in [1.82, 2.24) is 4.98 Å². The predicted octanol–water partition coefficient (Wildman–Crippen LogP) is 5.19. The molecule has 0 atom stereocenters. The van der Waals surface area contributed by atoms with E-state index in [2.05, 4.69) is 10.3 Å². The molecule has 0 fully saturated rings. The minimum absolute atomic E-state index is 0.173. The van der Waals surface area contributed by atoms with Crippen LogP contribution in [-0.4, -0.2) is 17.5 Å². The summed E-state index contributed by atoms with van der Waals surface area (Å²) in [5.41, 5.74) is 2.10. The fourth-order valence-electron chi connectivity index (χ4n) is 2.36. The SMILES string of the molecule is Cc1ccc(OCCCC(=O)Nc2nc(-c3ccc(F)c(F)c3)cs2)cc1. The minimum atomic E-state index is -0.931. The second-order valence-corrected chi connectivity index (χ2v) is 6.84. The molecule has 2 aromatic carbocycles. The minimum Gasteiger partial charge on any atom is -0.494 e. The maximum absolute atomic E-state index is 13.3. The third-order valence-electron chi connectivity index (χ3n) is 3.80. The van der Waals surface area contributed by atoms with Crippen LogP contribution in [0.5, 0.6) is 5.75 Å². The molecule has 0 aliphatic rings. The largest absolute Gasteiger partial charge is 0.494 e. The van der Waals surface area contributed by atoms with E-state index in [1.54, 1.807) is 5.38 Å². The summed E-state index contributed by atoms with van der Waals surface area (Å²) in [5.74, 6) is -1.24. The molecule has 7 heteroatoms. The molecule has 1 aromatic heterocycles. The molecule has 0 saturated heterocycles. The lowest BCUT2D eigenvalue weighted by molar-refractivity contribution is -0.116. The van der Waals surface area contributed by atoms with Crippen molar-refractivity contribution < 1.29 is 18.3 Å². The van der Waals surface area contributed by atoms with E-state index in [0.717, 1.165) is 23.4 Å². The molecule has 0 saturated carbocycles. The summed E-state index contributed by atoms with van der Waals surface area (Å²) >= 11 is 1.23. The molecule has 140 valence electrons. The van der Waals surface area contributed by atoms with Gasteiger partial charge in [-0.1, -0.05) is 17.7 Å². The lowest BCUT2D eigenvalue weighted by Gasteiger charge is -2.06. The van der Waals surface area contributed by atoms with Crippen LogP contribution >= 0.6 is 11.3 Å². The lowest BCUT2D eigenvalue weighted by atomic mass is 10.2. The molecular formula is C20H18F2N2O2S. The number of ether oxygens (including phenoxy) is 1. The highest BCUT2D eigenvalue weighted by molar-refractivity contribution is 7.14. The van der Waals surface area contributed by atoms with E-state index in [9.17, 15) is 13.6 Å². The van der Waals surface area contributed by atoms with Crippen LogP contribution in [0.15, 0.2) is 47.8 Å². The summed E-state index contributed by atoms with van der Waals surface area (Å²) in [6.07, 6.45) is 0.868. The van der Waals surface area contributed by atoms with Crippen LogP contribution in [0, 0.1) is 18.6 Å². The Hall–Kier alpha value is -2.80. The first-order valence-corrected chi connectivity index (χ1v) is 9.29. The van der Waals surface area contributed by atoms with Crippen molar-refractivity contribution in [3.63, 3.8) is 0 Å². The van der Waals surface area contributed by atoms with Crippen molar-refractivity contribution in [3.8, 4) is 17.0 Å². The number of hydrogen-bond donors (Lipinski definition) is 1. The van der Waals surface area contributed by atoms with Gasteiger partial charge in [-0.15, -0.1) is 11.3 Å². The van der Waals surface area contributed by atoms with Crippen LogP contribution in [0.1, 0.15) is 18.4 Å². The van der Waals surface area contributed by atoms with Crippen LogP contribution in [0.3, 0.4) is 0 Å². The Morgan fingerprint density at radius 2 is 1.93 bits per heavy atom. The first kappa shape index (κ1) is 19.0. The lowest BCUT2D eigenvalue weighted by Crippen LogP contribution is -2.12. The number of amides is 1. The molecule has 3 rings (SSSR count). The van der Waals surface area contributed by atoms with Crippen molar-refractivity contribution in [2.24, 2.45) is 0 Å². The van der Waals surface area contributed by atoms with E-state index in [-0.39, 0.29) is 5.91 Å². The summed E-state index contributed by atoms with van der Waals surface area (Å²) in [5, 5.41) is 4.81. The molecular weight excluding hydrogens is 370 g/mol. The number of anilines is 1. The number of hydrogen-bond acceptors (Lipinski definition) is 4. The zero-order valence-corrected chi connectivity index (χ0v) is 15.5. The van der Waals surface area contributed by atoms with Crippen molar-refractivity contribution in [1.29, 1.82) is 0 Å². The number of nitrogens with zero attached hydrogens (tertiary/aromatic N) is 1. The first-order chi connectivity index (χ1) is 13.0. The van der Waals surface area contributed by atoms with Gasteiger partial charge >= 0.3 is 0 Å². The van der Waals surface area contributed by atoms with Gasteiger partial charge in [0.15, 0.2) is 16.8 Å². The van der Waals surface area contributed by atoms with E-state index >= 15 is 0 Å². The van der Waals surface area contributed by atoms with Gasteiger partial charge in [-0.05, 0) is 43.7 Å². The van der Waals surface area contributed by atoms with Crippen LogP contribution in [0.25, 0.3) is 11.3 Å². The number of aromatic nitrogens is 1. The van der Waals surface area contributed by atoms with Gasteiger partial charge in [0.1, 0.15) is 5.75 Å². The van der Waals surface area contributed by atoms with Gasteiger partial charge in [0, 0.05) is 17.4 Å². The van der Waals surface area contributed by atoms with Gasteiger partial charge in [0.05, 0.1) is 12.3 Å². The van der Waals surface area contributed by atoms with Crippen molar-refractivity contribution in [2.45, 2.75) is 19.8 Å². The number of carbonyl (C=O) groups excluding carboxylic acids is 1. The van der Waals surface area contributed by atoms with Gasteiger partial charge < -0.3 is 10.1 Å². The average Bonchev–Trinajstić information content (AvgIpc) is 3.11. The van der Waals surface area contributed by atoms with Crippen molar-refractivity contribution in [3.05, 3.63) is 65.0 Å². The number of halogens is 2. The molecule has 4 nitrogen and oxygen atoms in total. The zero-order valence-electron chi connectivity index (χ0n) is 14.7. The first-order valence-electron chi connectivity index (χ1n) is 8.41.